The molecule has 6 nitrogen and oxygen atoms in total. The molecule has 4 aromatic rings. The Balaban J connectivity index is 1.40. The van der Waals surface area contributed by atoms with E-state index in [1.807, 2.05) is 12.1 Å². The highest BCUT2D eigenvalue weighted by molar-refractivity contribution is 7.99. The fourth-order valence-corrected chi connectivity index (χ4v) is 3.42. The van der Waals surface area contributed by atoms with Crippen LogP contribution < -0.4 is 5.32 Å². The highest BCUT2D eigenvalue weighted by Gasteiger charge is 2.18. The number of benzene rings is 1. The molecule has 8 heteroatoms. The Kier molecular flexibility index (Phi) is 5.29. The van der Waals surface area contributed by atoms with Gasteiger partial charge >= 0.3 is 0 Å². The molecular formula is C20H16FN3O3S. The second-order valence-corrected chi connectivity index (χ2v) is 6.96. The van der Waals surface area contributed by atoms with Crippen LogP contribution in [0.25, 0.3) is 22.9 Å². The molecule has 0 saturated carbocycles. The first-order valence-corrected chi connectivity index (χ1v) is 9.53. The summed E-state index contributed by atoms with van der Waals surface area (Å²) < 4.78 is 23.9. The zero-order valence-electron chi connectivity index (χ0n) is 14.6. The summed E-state index contributed by atoms with van der Waals surface area (Å²) in [5, 5.41) is 3.40. The predicted molar refractivity (Wildman–Crippen MR) is 104 cm³/mol. The lowest BCUT2D eigenvalue weighted by molar-refractivity contribution is -0.115. The van der Waals surface area contributed by atoms with Crippen LogP contribution in [0, 0.1) is 5.82 Å². The number of thioether (sulfide) groups is 1. The van der Waals surface area contributed by atoms with Crippen molar-refractivity contribution in [2.45, 2.75) is 11.6 Å². The molecule has 0 spiro atoms. The summed E-state index contributed by atoms with van der Waals surface area (Å²) in [7, 11) is 0. The van der Waals surface area contributed by atoms with Crippen molar-refractivity contribution >= 4 is 23.4 Å². The maximum Gasteiger partial charge on any atom is 0.225 e. The van der Waals surface area contributed by atoms with Crippen molar-refractivity contribution in [3.05, 3.63) is 66.9 Å². The fraction of sp³-hybridized carbons (Fsp3) is 0.100. The quantitative estimate of drug-likeness (QED) is 0.419. The minimum atomic E-state index is -0.342. The largest absolute Gasteiger partial charge is 0.463 e. The number of carbonyl (C=O) groups is 1. The van der Waals surface area contributed by atoms with Crippen LogP contribution in [-0.2, 0) is 4.79 Å². The zero-order valence-corrected chi connectivity index (χ0v) is 15.5. The first-order valence-electron chi connectivity index (χ1n) is 8.55. The standard InChI is InChI=1S/C20H16FN3O3S/c21-13-5-7-14(8-6-13)22-17(25)9-12-28-20-23-18(15-3-1-10-26-15)19(24-20)16-4-2-11-27-16/h1-8,10-11H,9,12H2,(H,22,25)(H,23,24). The number of imidazole rings is 1. The molecule has 1 amide bonds. The smallest absolute Gasteiger partial charge is 0.225 e. The van der Waals surface area contributed by atoms with Crippen LogP contribution >= 0.6 is 11.8 Å². The molecule has 1 aromatic carbocycles. The third kappa shape index (κ3) is 4.17. The molecule has 0 fully saturated rings. The summed E-state index contributed by atoms with van der Waals surface area (Å²) in [6.07, 6.45) is 3.46. The van der Waals surface area contributed by atoms with Gasteiger partial charge in [-0.2, -0.15) is 0 Å². The summed E-state index contributed by atoms with van der Waals surface area (Å²) in [4.78, 5) is 19.9. The topological polar surface area (TPSA) is 84.1 Å². The third-order valence-electron chi connectivity index (χ3n) is 3.90. The van der Waals surface area contributed by atoms with Crippen LogP contribution in [0.15, 0.2) is 75.0 Å². The number of aromatic amines is 1. The number of rotatable bonds is 7. The van der Waals surface area contributed by atoms with Gasteiger partial charge in [0, 0.05) is 17.9 Å². The molecule has 0 unspecified atom stereocenters. The number of hydrogen-bond donors (Lipinski definition) is 2. The Morgan fingerprint density at radius 1 is 1.07 bits per heavy atom. The van der Waals surface area contributed by atoms with Crippen molar-refractivity contribution in [1.82, 2.24) is 9.97 Å². The Bertz CT molecular complexity index is 990. The number of nitrogens with zero attached hydrogens (tertiary/aromatic N) is 1. The molecule has 4 rings (SSSR count). The minimum absolute atomic E-state index is 0.150. The van der Waals surface area contributed by atoms with E-state index in [2.05, 4.69) is 15.3 Å². The maximum atomic E-state index is 12.9. The van der Waals surface area contributed by atoms with E-state index >= 15 is 0 Å². The van der Waals surface area contributed by atoms with E-state index in [1.165, 1.54) is 36.0 Å². The van der Waals surface area contributed by atoms with Crippen LogP contribution in [0.2, 0.25) is 0 Å². The molecular weight excluding hydrogens is 381 g/mol. The summed E-state index contributed by atoms with van der Waals surface area (Å²) in [6, 6.07) is 12.9. The van der Waals surface area contributed by atoms with Crippen LogP contribution in [0.4, 0.5) is 10.1 Å². The van der Waals surface area contributed by atoms with Crippen molar-refractivity contribution in [3.63, 3.8) is 0 Å². The molecule has 0 bridgehead atoms. The molecule has 0 aliphatic carbocycles. The zero-order chi connectivity index (χ0) is 19.3. The van der Waals surface area contributed by atoms with E-state index in [1.54, 1.807) is 24.7 Å². The number of nitrogens with one attached hydrogen (secondary N) is 2. The van der Waals surface area contributed by atoms with Crippen LogP contribution in [0.3, 0.4) is 0 Å². The average molecular weight is 397 g/mol. The van der Waals surface area contributed by atoms with Gasteiger partial charge in [-0.15, -0.1) is 0 Å². The molecule has 3 aromatic heterocycles. The summed E-state index contributed by atoms with van der Waals surface area (Å²) in [6.45, 7) is 0. The Labute approximate surface area is 164 Å². The molecule has 0 saturated heterocycles. The van der Waals surface area contributed by atoms with Crippen molar-refractivity contribution in [2.24, 2.45) is 0 Å². The first kappa shape index (κ1) is 18.1. The van der Waals surface area contributed by atoms with Gasteiger partial charge in [-0.25, -0.2) is 9.37 Å². The van der Waals surface area contributed by atoms with Crippen LogP contribution in [-0.4, -0.2) is 21.6 Å². The fourth-order valence-electron chi connectivity index (χ4n) is 2.61. The molecule has 142 valence electrons. The minimum Gasteiger partial charge on any atom is -0.463 e. The second kappa shape index (κ2) is 8.18. The van der Waals surface area contributed by atoms with E-state index < -0.39 is 0 Å². The SMILES string of the molecule is O=C(CCSc1nc(-c2ccco2)c(-c2ccco2)[nH]1)Nc1ccc(F)cc1. The monoisotopic (exact) mass is 397 g/mol. The van der Waals surface area contributed by atoms with Crippen molar-refractivity contribution in [2.75, 3.05) is 11.1 Å². The van der Waals surface area contributed by atoms with Gasteiger partial charge in [0.15, 0.2) is 16.7 Å². The number of furan rings is 2. The van der Waals surface area contributed by atoms with E-state index in [0.717, 1.165) is 5.69 Å². The molecule has 0 aliphatic heterocycles. The molecule has 0 radical (unpaired) electrons. The van der Waals surface area contributed by atoms with Gasteiger partial charge in [0.25, 0.3) is 0 Å². The third-order valence-corrected chi connectivity index (χ3v) is 4.78. The number of amides is 1. The van der Waals surface area contributed by atoms with Gasteiger partial charge in [-0.1, -0.05) is 11.8 Å². The van der Waals surface area contributed by atoms with Crippen molar-refractivity contribution < 1.29 is 18.0 Å². The van der Waals surface area contributed by atoms with Crippen molar-refractivity contribution in [3.8, 4) is 22.9 Å². The van der Waals surface area contributed by atoms with Crippen LogP contribution in [0.1, 0.15) is 6.42 Å². The molecule has 3 heterocycles. The maximum absolute atomic E-state index is 12.9. The van der Waals surface area contributed by atoms with E-state index in [4.69, 9.17) is 8.83 Å². The lowest BCUT2D eigenvalue weighted by Crippen LogP contribution is -2.12. The van der Waals surface area contributed by atoms with E-state index in [9.17, 15) is 9.18 Å². The number of anilines is 1. The van der Waals surface area contributed by atoms with Gasteiger partial charge in [0.05, 0.1) is 12.5 Å². The summed E-state index contributed by atoms with van der Waals surface area (Å²) in [5.41, 5.74) is 1.94. The van der Waals surface area contributed by atoms with Gasteiger partial charge in [-0.3, -0.25) is 4.79 Å². The number of aromatic nitrogens is 2. The highest BCUT2D eigenvalue weighted by Crippen LogP contribution is 2.33. The average Bonchev–Trinajstić information content (AvgIpc) is 3.44. The summed E-state index contributed by atoms with van der Waals surface area (Å²) >= 11 is 1.42. The summed E-state index contributed by atoms with van der Waals surface area (Å²) in [5.74, 6) is 1.31. The van der Waals surface area contributed by atoms with Gasteiger partial charge in [0.1, 0.15) is 17.2 Å². The number of carbonyl (C=O) groups excluding carboxylic acids is 1. The normalized spacial score (nSPS) is 10.9. The second-order valence-electron chi connectivity index (χ2n) is 5.87. The lowest BCUT2D eigenvalue weighted by Gasteiger charge is -2.04. The lowest BCUT2D eigenvalue weighted by atomic mass is 10.2. The number of hydrogen-bond acceptors (Lipinski definition) is 5. The highest BCUT2D eigenvalue weighted by atomic mass is 32.2. The molecule has 0 aliphatic rings. The molecule has 28 heavy (non-hydrogen) atoms. The Morgan fingerprint density at radius 3 is 2.46 bits per heavy atom. The van der Waals surface area contributed by atoms with Crippen molar-refractivity contribution in [1.29, 1.82) is 0 Å². The number of H-pyrrole nitrogens is 1. The molecule has 0 atom stereocenters. The van der Waals surface area contributed by atoms with E-state index in [0.29, 0.717) is 33.8 Å². The van der Waals surface area contributed by atoms with Crippen LogP contribution in [0.5, 0.6) is 0 Å². The number of halogens is 1. The van der Waals surface area contributed by atoms with Gasteiger partial charge in [-0.05, 0) is 48.5 Å². The first-order chi connectivity index (χ1) is 13.7. The Hall–Kier alpha value is -3.26. The van der Waals surface area contributed by atoms with Gasteiger partial charge < -0.3 is 19.1 Å². The van der Waals surface area contributed by atoms with E-state index in [-0.39, 0.29) is 18.1 Å². The van der Waals surface area contributed by atoms with Gasteiger partial charge in [0.2, 0.25) is 5.91 Å². The molecule has 2 N–H and O–H groups in total. The Morgan fingerprint density at radius 2 is 1.79 bits per heavy atom. The predicted octanol–water partition coefficient (Wildman–Crippen LogP) is 5.19.